The van der Waals surface area contributed by atoms with Crippen molar-refractivity contribution in [3.8, 4) is 23.0 Å². The molecule has 0 radical (unpaired) electrons. The number of carbonyl (C=O) groups is 1. The van der Waals surface area contributed by atoms with E-state index in [0.717, 1.165) is 45.9 Å². The average molecular weight is 540 g/mol. The molecule has 0 aliphatic carbocycles. The first-order valence-electron chi connectivity index (χ1n) is 14.3. The largest absolute Gasteiger partial charge is 0.492 e. The number of hydrogen-bond donors (Lipinski definition) is 0. The average Bonchev–Trinajstić information content (AvgIpc) is 2.97. The highest BCUT2D eigenvalue weighted by atomic mass is 16.5. The lowest BCUT2D eigenvalue weighted by Gasteiger charge is -2.35. The second kappa shape index (κ2) is 11.0. The molecule has 40 heavy (non-hydrogen) atoms. The molecule has 3 heterocycles. The van der Waals surface area contributed by atoms with Crippen LogP contribution in [0.2, 0.25) is 0 Å². The highest BCUT2D eigenvalue weighted by molar-refractivity contribution is 5.99. The topological polar surface area (TPSA) is 57.2 Å². The van der Waals surface area contributed by atoms with E-state index in [9.17, 15) is 4.79 Å². The normalized spacial score (nSPS) is 18.5. The number of fused-ring (bicyclic) bond motifs is 4. The van der Waals surface area contributed by atoms with E-state index in [4.69, 9.17) is 18.9 Å². The van der Waals surface area contributed by atoms with Crippen LogP contribution >= 0.6 is 0 Å². The summed E-state index contributed by atoms with van der Waals surface area (Å²) in [4.78, 5) is 15.0. The van der Waals surface area contributed by atoms with Gasteiger partial charge in [0.1, 0.15) is 36.2 Å². The fourth-order valence-corrected chi connectivity index (χ4v) is 5.53. The third kappa shape index (κ3) is 5.46. The quantitative estimate of drug-likeness (QED) is 0.250. The lowest BCUT2D eigenvalue weighted by Crippen LogP contribution is -2.33. The summed E-state index contributed by atoms with van der Waals surface area (Å²) < 4.78 is 24.6. The summed E-state index contributed by atoms with van der Waals surface area (Å²) in [6.45, 7) is 9.93. The SMILES string of the molecule is CC(C)(C)C(=O)Oc1ccc2c(c1)OCC1=C2[C@@H](c2ccc(OCCN3CCCCC3)cc2)Oc2ccccc21. The maximum atomic E-state index is 12.5. The number of likely N-dealkylation sites (tertiary alicyclic amines) is 1. The monoisotopic (exact) mass is 539 g/mol. The Balaban J connectivity index is 1.26. The minimum Gasteiger partial charge on any atom is -0.492 e. The van der Waals surface area contributed by atoms with Crippen molar-refractivity contribution in [3.63, 3.8) is 0 Å². The minimum atomic E-state index is -0.595. The van der Waals surface area contributed by atoms with E-state index in [2.05, 4.69) is 23.1 Å². The smallest absolute Gasteiger partial charge is 0.316 e. The third-order valence-corrected chi connectivity index (χ3v) is 7.79. The Morgan fingerprint density at radius 1 is 0.900 bits per heavy atom. The molecule has 6 rings (SSSR count). The number of hydrogen-bond acceptors (Lipinski definition) is 6. The Labute approximate surface area is 236 Å². The van der Waals surface area contributed by atoms with Crippen molar-refractivity contribution in [2.45, 2.75) is 46.1 Å². The predicted molar refractivity (Wildman–Crippen MR) is 156 cm³/mol. The van der Waals surface area contributed by atoms with Crippen LogP contribution in [0.4, 0.5) is 0 Å². The first kappa shape index (κ1) is 26.5. The first-order chi connectivity index (χ1) is 19.4. The molecule has 3 aliphatic heterocycles. The number of piperidine rings is 1. The van der Waals surface area contributed by atoms with Gasteiger partial charge in [-0.15, -0.1) is 0 Å². The Hall–Kier alpha value is -3.77. The molecule has 3 aliphatic rings. The fraction of sp³-hybridized carbons (Fsp3) is 0.382. The predicted octanol–water partition coefficient (Wildman–Crippen LogP) is 6.94. The summed E-state index contributed by atoms with van der Waals surface area (Å²) in [5.41, 5.74) is 4.62. The number of rotatable bonds is 6. The second-order valence-electron chi connectivity index (χ2n) is 11.8. The molecular weight excluding hydrogens is 502 g/mol. The molecule has 1 atom stereocenters. The zero-order valence-corrected chi connectivity index (χ0v) is 23.6. The summed E-state index contributed by atoms with van der Waals surface area (Å²) in [5, 5.41) is 0. The lowest BCUT2D eigenvalue weighted by atomic mass is 9.84. The number of para-hydroxylation sites is 1. The second-order valence-corrected chi connectivity index (χ2v) is 11.8. The van der Waals surface area contributed by atoms with Crippen LogP contribution in [0.15, 0.2) is 66.7 Å². The molecule has 0 amide bonds. The lowest BCUT2D eigenvalue weighted by molar-refractivity contribution is -0.143. The number of carbonyl (C=O) groups excluding carboxylic acids is 1. The highest BCUT2D eigenvalue weighted by Crippen LogP contribution is 2.51. The molecule has 0 aromatic heterocycles. The Morgan fingerprint density at radius 2 is 1.65 bits per heavy atom. The number of benzene rings is 3. The van der Waals surface area contributed by atoms with Gasteiger partial charge in [-0.1, -0.05) is 36.8 Å². The summed E-state index contributed by atoms with van der Waals surface area (Å²) in [5.74, 6) is 2.58. The maximum absolute atomic E-state index is 12.5. The molecule has 208 valence electrons. The first-order valence-corrected chi connectivity index (χ1v) is 14.3. The van der Waals surface area contributed by atoms with Gasteiger partial charge in [-0.3, -0.25) is 9.69 Å². The van der Waals surface area contributed by atoms with Gasteiger partial charge in [-0.25, -0.2) is 0 Å². The van der Waals surface area contributed by atoms with Crippen LogP contribution in [0.3, 0.4) is 0 Å². The van der Waals surface area contributed by atoms with Crippen LogP contribution in [0.5, 0.6) is 23.0 Å². The van der Waals surface area contributed by atoms with E-state index in [-0.39, 0.29) is 12.1 Å². The van der Waals surface area contributed by atoms with Crippen molar-refractivity contribution in [1.29, 1.82) is 0 Å². The molecule has 6 nitrogen and oxygen atoms in total. The van der Waals surface area contributed by atoms with Crippen molar-refractivity contribution >= 4 is 17.1 Å². The van der Waals surface area contributed by atoms with Crippen molar-refractivity contribution in [2.24, 2.45) is 5.41 Å². The van der Waals surface area contributed by atoms with E-state index >= 15 is 0 Å². The molecule has 1 saturated heterocycles. The standard InChI is InChI=1S/C34H37NO5/c1-34(2,3)33(36)39-25-15-16-27-30(21-25)38-22-28-26-9-5-6-10-29(26)40-32(31(27)28)23-11-13-24(14-12-23)37-20-19-35-17-7-4-8-18-35/h5-6,9-16,21,32H,4,7-8,17-20,22H2,1-3H3/t32-/m1/s1. The van der Waals surface area contributed by atoms with Crippen molar-refractivity contribution in [2.75, 3.05) is 32.8 Å². The summed E-state index contributed by atoms with van der Waals surface area (Å²) in [7, 11) is 0. The molecule has 0 unspecified atom stereocenters. The molecule has 0 bridgehead atoms. The number of nitrogens with zero attached hydrogens (tertiary/aromatic N) is 1. The van der Waals surface area contributed by atoms with E-state index < -0.39 is 5.41 Å². The fourth-order valence-electron chi connectivity index (χ4n) is 5.53. The van der Waals surface area contributed by atoms with Gasteiger partial charge >= 0.3 is 5.97 Å². The molecule has 0 saturated carbocycles. The van der Waals surface area contributed by atoms with E-state index in [0.29, 0.717) is 24.7 Å². The summed E-state index contributed by atoms with van der Waals surface area (Å²) in [6, 6.07) is 22.0. The van der Waals surface area contributed by atoms with Crippen LogP contribution in [-0.4, -0.2) is 43.7 Å². The van der Waals surface area contributed by atoms with E-state index in [1.165, 1.54) is 32.4 Å². The molecule has 6 heteroatoms. The highest BCUT2D eigenvalue weighted by Gasteiger charge is 2.35. The Bertz CT molecular complexity index is 1410. The third-order valence-electron chi connectivity index (χ3n) is 7.79. The number of ether oxygens (including phenoxy) is 4. The van der Waals surface area contributed by atoms with Crippen molar-refractivity contribution in [1.82, 2.24) is 4.90 Å². The van der Waals surface area contributed by atoms with Gasteiger partial charge in [-0.2, -0.15) is 0 Å². The van der Waals surface area contributed by atoms with Crippen LogP contribution in [-0.2, 0) is 4.79 Å². The van der Waals surface area contributed by atoms with Gasteiger partial charge in [-0.05, 0) is 82.6 Å². The summed E-state index contributed by atoms with van der Waals surface area (Å²) >= 11 is 0. The van der Waals surface area contributed by atoms with Gasteiger partial charge in [0, 0.05) is 34.9 Å². The molecule has 1 fully saturated rings. The van der Waals surface area contributed by atoms with Gasteiger partial charge < -0.3 is 18.9 Å². The van der Waals surface area contributed by atoms with E-state index in [1.807, 2.05) is 63.2 Å². The Morgan fingerprint density at radius 3 is 2.42 bits per heavy atom. The Kier molecular flexibility index (Phi) is 7.28. The molecule has 0 N–H and O–H groups in total. The van der Waals surface area contributed by atoms with Crippen LogP contribution < -0.4 is 18.9 Å². The van der Waals surface area contributed by atoms with Gasteiger partial charge in [0.25, 0.3) is 0 Å². The van der Waals surface area contributed by atoms with Crippen LogP contribution in [0, 0.1) is 5.41 Å². The summed E-state index contributed by atoms with van der Waals surface area (Å²) in [6.07, 6.45) is 3.61. The molecule has 3 aromatic rings. The maximum Gasteiger partial charge on any atom is 0.316 e. The van der Waals surface area contributed by atoms with Gasteiger partial charge in [0.2, 0.25) is 0 Å². The van der Waals surface area contributed by atoms with E-state index in [1.54, 1.807) is 6.07 Å². The van der Waals surface area contributed by atoms with Crippen LogP contribution in [0.25, 0.3) is 11.1 Å². The van der Waals surface area contributed by atoms with Crippen molar-refractivity contribution < 1.29 is 23.7 Å². The van der Waals surface area contributed by atoms with Gasteiger partial charge in [0.15, 0.2) is 6.10 Å². The zero-order chi connectivity index (χ0) is 27.7. The molecule has 3 aromatic carbocycles. The molecular formula is C34H37NO5. The molecule has 0 spiro atoms. The van der Waals surface area contributed by atoms with Gasteiger partial charge in [0.05, 0.1) is 5.41 Å². The number of esters is 1. The van der Waals surface area contributed by atoms with Crippen molar-refractivity contribution in [3.05, 3.63) is 83.4 Å². The minimum absolute atomic E-state index is 0.283. The zero-order valence-electron chi connectivity index (χ0n) is 23.6. The van der Waals surface area contributed by atoms with Crippen LogP contribution in [0.1, 0.15) is 62.8 Å².